The normalized spacial score (nSPS) is 17.2. The van der Waals surface area contributed by atoms with E-state index in [0.717, 1.165) is 5.56 Å². The molecule has 0 saturated heterocycles. The van der Waals surface area contributed by atoms with Gasteiger partial charge in [0.2, 0.25) is 0 Å². The van der Waals surface area contributed by atoms with E-state index in [1.807, 2.05) is 18.2 Å². The van der Waals surface area contributed by atoms with Gasteiger partial charge in [0.25, 0.3) is 5.91 Å². The Morgan fingerprint density at radius 2 is 1.86 bits per heavy atom. The lowest BCUT2D eigenvalue weighted by Gasteiger charge is -2.28. The number of pyridine rings is 1. The van der Waals surface area contributed by atoms with Crippen molar-refractivity contribution in [1.82, 2.24) is 9.88 Å². The number of ketones is 1. The van der Waals surface area contributed by atoms with Crippen molar-refractivity contribution in [3.63, 3.8) is 0 Å². The van der Waals surface area contributed by atoms with Gasteiger partial charge in [-0.15, -0.1) is 0 Å². The first kappa shape index (κ1) is 19.6. The number of hydrogen-bond acceptors (Lipinski definition) is 5. The largest absolute Gasteiger partial charge is 0.503 e. The van der Waals surface area contributed by atoms with Gasteiger partial charge >= 0.3 is 0 Å². The fourth-order valence-electron chi connectivity index (χ4n) is 3.32. The second-order valence-corrected chi connectivity index (χ2v) is 7.74. The number of aliphatic hydroxyl groups excluding tert-OH is 1. The quantitative estimate of drug-likeness (QED) is 0.857. The number of nitrogens with zero attached hydrogens (tertiary/aromatic N) is 2. The topological polar surface area (TPSA) is 79.7 Å². The Bertz CT molecular complexity index is 929. The molecule has 1 unspecified atom stereocenters. The summed E-state index contributed by atoms with van der Waals surface area (Å²) in [5.41, 5.74) is 0.641. The number of hydrogen-bond donors (Lipinski definition) is 1. The Morgan fingerprint density at radius 3 is 2.46 bits per heavy atom. The number of Topliss-reactive ketones (excluding diaryl/α,β-unsaturated/α-hetero) is 1. The van der Waals surface area contributed by atoms with E-state index in [4.69, 9.17) is 4.74 Å². The summed E-state index contributed by atoms with van der Waals surface area (Å²) >= 11 is 0. The SMILES string of the molecule is COc1ccccc1CN1C(=O)C(O)=C(C(=O)C(C)(C)C)C1c1ccccn1. The second kappa shape index (κ2) is 7.46. The molecule has 3 rings (SSSR count). The Labute approximate surface area is 164 Å². The first-order valence-corrected chi connectivity index (χ1v) is 9.07. The molecule has 1 N–H and O–H groups in total. The van der Waals surface area contributed by atoms with Crippen LogP contribution in [-0.4, -0.2) is 33.8 Å². The summed E-state index contributed by atoms with van der Waals surface area (Å²) in [6, 6.07) is 11.9. The fraction of sp³-hybridized carbons (Fsp3) is 0.318. The molecule has 2 aromatic rings. The molecule has 1 atom stereocenters. The summed E-state index contributed by atoms with van der Waals surface area (Å²) in [6.45, 7) is 5.46. The van der Waals surface area contributed by atoms with Gasteiger partial charge in [0, 0.05) is 17.2 Å². The lowest BCUT2D eigenvalue weighted by molar-refractivity contribution is -0.130. The van der Waals surface area contributed by atoms with Crippen LogP contribution in [0.1, 0.15) is 38.1 Å². The lowest BCUT2D eigenvalue weighted by Crippen LogP contribution is -2.33. The molecule has 6 nitrogen and oxygen atoms in total. The summed E-state index contributed by atoms with van der Waals surface area (Å²) in [5.74, 6) is -0.749. The summed E-state index contributed by atoms with van der Waals surface area (Å²) in [4.78, 5) is 31.8. The number of benzene rings is 1. The van der Waals surface area contributed by atoms with Crippen molar-refractivity contribution in [1.29, 1.82) is 0 Å². The minimum absolute atomic E-state index is 0.0890. The molecule has 0 saturated carbocycles. The predicted octanol–water partition coefficient (Wildman–Crippen LogP) is 3.60. The van der Waals surface area contributed by atoms with E-state index in [0.29, 0.717) is 11.4 Å². The molecule has 0 bridgehead atoms. The molecular weight excluding hydrogens is 356 g/mol. The van der Waals surface area contributed by atoms with Crippen molar-refractivity contribution in [3.8, 4) is 5.75 Å². The molecule has 0 aliphatic carbocycles. The van der Waals surface area contributed by atoms with Crippen LogP contribution in [0.25, 0.3) is 0 Å². The van der Waals surface area contributed by atoms with Crippen molar-refractivity contribution in [3.05, 3.63) is 71.3 Å². The van der Waals surface area contributed by atoms with Crippen LogP contribution >= 0.6 is 0 Å². The van der Waals surface area contributed by atoms with Crippen LogP contribution in [0.2, 0.25) is 0 Å². The third-order valence-corrected chi connectivity index (χ3v) is 4.73. The number of ether oxygens (including phenoxy) is 1. The van der Waals surface area contributed by atoms with Crippen LogP contribution < -0.4 is 4.74 Å². The maximum atomic E-state index is 13.1. The predicted molar refractivity (Wildman–Crippen MR) is 105 cm³/mol. The van der Waals surface area contributed by atoms with Crippen molar-refractivity contribution in [2.45, 2.75) is 33.4 Å². The molecule has 0 spiro atoms. The number of carbonyl (C=O) groups excluding carboxylic acids is 2. The first-order valence-electron chi connectivity index (χ1n) is 9.07. The van der Waals surface area contributed by atoms with Crippen LogP contribution in [0.5, 0.6) is 5.75 Å². The van der Waals surface area contributed by atoms with Gasteiger partial charge in [-0.25, -0.2) is 0 Å². The fourth-order valence-corrected chi connectivity index (χ4v) is 3.32. The molecule has 1 aliphatic rings. The molecule has 0 fully saturated rings. The van der Waals surface area contributed by atoms with Gasteiger partial charge in [-0.3, -0.25) is 14.6 Å². The highest BCUT2D eigenvalue weighted by atomic mass is 16.5. The van der Waals surface area contributed by atoms with E-state index in [2.05, 4.69) is 4.98 Å². The third kappa shape index (κ3) is 3.50. The Balaban J connectivity index is 2.10. The molecule has 0 radical (unpaired) electrons. The molecule has 28 heavy (non-hydrogen) atoms. The molecule has 1 aliphatic heterocycles. The maximum Gasteiger partial charge on any atom is 0.290 e. The zero-order valence-electron chi connectivity index (χ0n) is 16.5. The lowest BCUT2D eigenvalue weighted by atomic mass is 9.83. The van der Waals surface area contributed by atoms with E-state index in [9.17, 15) is 14.7 Å². The smallest absolute Gasteiger partial charge is 0.290 e. The van der Waals surface area contributed by atoms with Crippen LogP contribution in [0, 0.1) is 5.41 Å². The van der Waals surface area contributed by atoms with E-state index < -0.39 is 23.1 Å². The molecule has 146 valence electrons. The number of methoxy groups -OCH3 is 1. The summed E-state index contributed by atoms with van der Waals surface area (Å²) < 4.78 is 5.39. The average molecular weight is 380 g/mol. The van der Waals surface area contributed by atoms with Crippen LogP contribution in [0.3, 0.4) is 0 Å². The van der Waals surface area contributed by atoms with Crippen molar-refractivity contribution in [2.75, 3.05) is 7.11 Å². The van der Waals surface area contributed by atoms with E-state index in [1.54, 1.807) is 58.3 Å². The molecular formula is C22H24N2O4. The van der Waals surface area contributed by atoms with Gasteiger partial charge < -0.3 is 14.7 Å². The third-order valence-electron chi connectivity index (χ3n) is 4.73. The first-order chi connectivity index (χ1) is 13.3. The number of para-hydroxylation sites is 1. The monoisotopic (exact) mass is 380 g/mol. The highest BCUT2D eigenvalue weighted by molar-refractivity contribution is 6.10. The zero-order chi connectivity index (χ0) is 20.5. The number of aromatic nitrogens is 1. The molecule has 1 amide bonds. The van der Waals surface area contributed by atoms with E-state index >= 15 is 0 Å². The molecule has 6 heteroatoms. The standard InChI is InChI=1S/C22H24N2O4/c1-22(2,3)20(26)17-18(15-10-7-8-12-23-15)24(21(27)19(17)25)13-14-9-5-6-11-16(14)28-4/h5-12,18,25H,13H2,1-4H3. The minimum Gasteiger partial charge on any atom is -0.503 e. The highest BCUT2D eigenvalue weighted by Crippen LogP contribution is 2.41. The Hall–Kier alpha value is -3.15. The highest BCUT2D eigenvalue weighted by Gasteiger charge is 2.46. The molecule has 1 aromatic carbocycles. The van der Waals surface area contributed by atoms with Crippen molar-refractivity contribution < 1.29 is 19.4 Å². The Morgan fingerprint density at radius 1 is 1.18 bits per heavy atom. The van der Waals surface area contributed by atoms with Gasteiger partial charge in [0.1, 0.15) is 11.8 Å². The zero-order valence-corrected chi connectivity index (χ0v) is 16.5. The van der Waals surface area contributed by atoms with Crippen LogP contribution in [0.4, 0.5) is 0 Å². The van der Waals surface area contributed by atoms with Gasteiger partial charge in [0.15, 0.2) is 11.5 Å². The van der Waals surface area contributed by atoms with Gasteiger partial charge in [-0.1, -0.05) is 45.0 Å². The van der Waals surface area contributed by atoms with Crippen LogP contribution in [-0.2, 0) is 16.1 Å². The van der Waals surface area contributed by atoms with E-state index in [-0.39, 0.29) is 17.9 Å². The molecule has 2 heterocycles. The van der Waals surface area contributed by atoms with E-state index in [1.165, 1.54) is 4.90 Å². The number of carbonyl (C=O) groups is 2. The van der Waals surface area contributed by atoms with Gasteiger partial charge in [0.05, 0.1) is 24.9 Å². The minimum atomic E-state index is -0.759. The maximum absolute atomic E-state index is 13.1. The second-order valence-electron chi connectivity index (χ2n) is 7.74. The summed E-state index contributed by atoms with van der Waals surface area (Å²) in [6.07, 6.45) is 1.61. The van der Waals surface area contributed by atoms with Gasteiger partial charge in [-0.05, 0) is 18.2 Å². The Kier molecular flexibility index (Phi) is 5.23. The number of rotatable bonds is 5. The van der Waals surface area contributed by atoms with Crippen LogP contribution in [0.15, 0.2) is 60.0 Å². The summed E-state index contributed by atoms with van der Waals surface area (Å²) in [7, 11) is 1.56. The van der Waals surface area contributed by atoms with Gasteiger partial charge in [-0.2, -0.15) is 0 Å². The number of amides is 1. The number of aliphatic hydroxyl groups is 1. The summed E-state index contributed by atoms with van der Waals surface area (Å²) in [5, 5.41) is 10.6. The van der Waals surface area contributed by atoms with Crippen molar-refractivity contribution in [2.24, 2.45) is 5.41 Å². The van der Waals surface area contributed by atoms with Crippen molar-refractivity contribution >= 4 is 11.7 Å². The average Bonchev–Trinajstić information content (AvgIpc) is 2.92. The molecule has 1 aromatic heterocycles.